The number of nitrogens with one attached hydrogen (secondary N) is 1. The van der Waals surface area contributed by atoms with E-state index in [1.165, 1.54) is 8.61 Å². The number of hydrogen-bond donors (Lipinski definition) is 1. The lowest BCUT2D eigenvalue weighted by atomic mass is 10.1. The van der Waals surface area contributed by atoms with E-state index in [0.717, 1.165) is 16.7 Å². The maximum absolute atomic E-state index is 12.9. The molecule has 0 saturated carbocycles. The lowest BCUT2D eigenvalue weighted by molar-refractivity contribution is -0.116. The van der Waals surface area contributed by atoms with E-state index in [1.807, 2.05) is 44.2 Å². The Morgan fingerprint density at radius 2 is 1.64 bits per heavy atom. The topological polar surface area (TPSA) is 69.7 Å². The van der Waals surface area contributed by atoms with Gasteiger partial charge >= 0.3 is 0 Å². The van der Waals surface area contributed by atoms with E-state index in [0.29, 0.717) is 30.2 Å². The summed E-state index contributed by atoms with van der Waals surface area (Å²) in [7, 11) is -3.70. The molecule has 2 aromatic rings. The van der Waals surface area contributed by atoms with Crippen molar-refractivity contribution in [2.45, 2.75) is 26.8 Å². The molecule has 0 spiro atoms. The van der Waals surface area contributed by atoms with Gasteiger partial charge < -0.3 is 5.32 Å². The summed E-state index contributed by atoms with van der Waals surface area (Å²) in [4.78, 5) is 12.4. The van der Waals surface area contributed by atoms with Crippen molar-refractivity contribution in [3.63, 3.8) is 0 Å². The highest BCUT2D eigenvalue weighted by atomic mass is 35.5. The third-order valence-electron chi connectivity index (χ3n) is 4.57. The van der Waals surface area contributed by atoms with Crippen molar-refractivity contribution in [3.05, 3.63) is 64.2 Å². The van der Waals surface area contributed by atoms with Gasteiger partial charge in [-0.1, -0.05) is 29.8 Å². The standard InChI is InChI=1S/C20H24ClN3O3S/c1-15-10-16(2)12-19(11-15)22-20(25)14-24-9-3-8-23(28(24,26)27)13-17-4-6-18(21)7-5-17/h4-7,10-12H,3,8-9,13-14H2,1-2H3,(H,22,25). The van der Waals surface area contributed by atoms with Crippen LogP contribution in [0.2, 0.25) is 5.02 Å². The second-order valence-electron chi connectivity index (χ2n) is 7.08. The van der Waals surface area contributed by atoms with Gasteiger partial charge in [-0.05, 0) is 61.2 Å². The molecular weight excluding hydrogens is 398 g/mol. The molecule has 1 N–H and O–H groups in total. The Kier molecular flexibility index (Phi) is 6.40. The van der Waals surface area contributed by atoms with Gasteiger partial charge in [-0.2, -0.15) is 17.0 Å². The molecule has 2 aromatic carbocycles. The molecule has 150 valence electrons. The first-order valence-corrected chi connectivity index (χ1v) is 10.9. The Balaban J connectivity index is 1.67. The van der Waals surface area contributed by atoms with E-state index in [-0.39, 0.29) is 19.0 Å². The Morgan fingerprint density at radius 1 is 1.04 bits per heavy atom. The maximum atomic E-state index is 12.9. The zero-order chi connectivity index (χ0) is 20.3. The first-order valence-electron chi connectivity index (χ1n) is 9.12. The van der Waals surface area contributed by atoms with Crippen molar-refractivity contribution >= 4 is 33.4 Å². The molecule has 0 aliphatic carbocycles. The van der Waals surface area contributed by atoms with Crippen LogP contribution in [0.15, 0.2) is 42.5 Å². The van der Waals surface area contributed by atoms with Gasteiger partial charge in [-0.15, -0.1) is 0 Å². The van der Waals surface area contributed by atoms with Gasteiger partial charge in [0.05, 0.1) is 6.54 Å². The van der Waals surface area contributed by atoms with Crippen LogP contribution in [0.3, 0.4) is 0 Å². The highest BCUT2D eigenvalue weighted by Crippen LogP contribution is 2.21. The monoisotopic (exact) mass is 421 g/mol. The summed E-state index contributed by atoms with van der Waals surface area (Å²) in [5.74, 6) is -0.345. The number of carbonyl (C=O) groups excluding carboxylic acids is 1. The fraction of sp³-hybridized carbons (Fsp3) is 0.350. The van der Waals surface area contributed by atoms with Crippen LogP contribution < -0.4 is 5.32 Å². The highest BCUT2D eigenvalue weighted by molar-refractivity contribution is 7.86. The summed E-state index contributed by atoms with van der Waals surface area (Å²) in [5, 5.41) is 3.41. The molecule has 1 aliphatic rings. The van der Waals surface area contributed by atoms with E-state index in [2.05, 4.69) is 5.32 Å². The fourth-order valence-corrected chi connectivity index (χ4v) is 5.10. The molecular formula is C20H24ClN3O3S. The van der Waals surface area contributed by atoms with Crippen molar-refractivity contribution < 1.29 is 13.2 Å². The molecule has 1 saturated heterocycles. The number of rotatable bonds is 5. The number of halogens is 1. The molecule has 1 heterocycles. The fourth-order valence-electron chi connectivity index (χ4n) is 3.34. The third-order valence-corrected chi connectivity index (χ3v) is 6.75. The summed E-state index contributed by atoms with van der Waals surface area (Å²) in [6, 6.07) is 12.8. The van der Waals surface area contributed by atoms with Crippen molar-refractivity contribution in [1.29, 1.82) is 0 Å². The Morgan fingerprint density at radius 3 is 2.29 bits per heavy atom. The Hall–Kier alpha value is -1.93. The van der Waals surface area contributed by atoms with E-state index in [4.69, 9.17) is 11.6 Å². The predicted octanol–water partition coefficient (Wildman–Crippen LogP) is 3.35. The summed E-state index contributed by atoms with van der Waals surface area (Å²) >= 11 is 5.89. The molecule has 28 heavy (non-hydrogen) atoms. The van der Waals surface area contributed by atoms with E-state index < -0.39 is 10.2 Å². The molecule has 0 atom stereocenters. The van der Waals surface area contributed by atoms with Crippen LogP contribution in [0.25, 0.3) is 0 Å². The van der Waals surface area contributed by atoms with Gasteiger partial charge in [-0.25, -0.2) is 0 Å². The minimum Gasteiger partial charge on any atom is -0.325 e. The lowest BCUT2D eigenvalue weighted by Gasteiger charge is -2.34. The van der Waals surface area contributed by atoms with Gasteiger partial charge in [0.15, 0.2) is 0 Å². The molecule has 6 nitrogen and oxygen atoms in total. The normalized spacial score (nSPS) is 17.4. The maximum Gasteiger partial charge on any atom is 0.282 e. The second-order valence-corrected chi connectivity index (χ2v) is 9.44. The zero-order valence-electron chi connectivity index (χ0n) is 16.0. The van der Waals surface area contributed by atoms with E-state index >= 15 is 0 Å². The smallest absolute Gasteiger partial charge is 0.282 e. The van der Waals surface area contributed by atoms with Crippen LogP contribution in [-0.2, 0) is 21.5 Å². The molecule has 8 heteroatoms. The van der Waals surface area contributed by atoms with Crippen molar-refractivity contribution in [1.82, 2.24) is 8.61 Å². The van der Waals surface area contributed by atoms with Crippen LogP contribution in [0.1, 0.15) is 23.1 Å². The first-order chi connectivity index (χ1) is 13.2. The highest BCUT2D eigenvalue weighted by Gasteiger charge is 2.34. The molecule has 0 aromatic heterocycles. The van der Waals surface area contributed by atoms with E-state index in [9.17, 15) is 13.2 Å². The minimum atomic E-state index is -3.70. The molecule has 3 rings (SSSR count). The van der Waals surface area contributed by atoms with Gasteiger partial charge in [-0.3, -0.25) is 4.79 Å². The van der Waals surface area contributed by atoms with Crippen LogP contribution in [0.5, 0.6) is 0 Å². The number of carbonyl (C=O) groups is 1. The van der Waals surface area contributed by atoms with Crippen LogP contribution in [0.4, 0.5) is 5.69 Å². The van der Waals surface area contributed by atoms with Crippen LogP contribution in [0, 0.1) is 13.8 Å². The Labute approximate surface area is 171 Å². The first kappa shape index (κ1) is 20.8. The summed E-state index contributed by atoms with van der Waals surface area (Å²) in [6.07, 6.45) is 0.670. The van der Waals surface area contributed by atoms with Crippen molar-refractivity contribution in [3.8, 4) is 0 Å². The molecule has 1 fully saturated rings. The largest absolute Gasteiger partial charge is 0.325 e. The number of hydrogen-bond acceptors (Lipinski definition) is 3. The molecule has 0 unspecified atom stereocenters. The second kappa shape index (κ2) is 8.61. The summed E-state index contributed by atoms with van der Waals surface area (Å²) < 4.78 is 28.5. The molecule has 1 amide bonds. The minimum absolute atomic E-state index is 0.202. The number of anilines is 1. The average Bonchev–Trinajstić information content (AvgIpc) is 2.59. The number of aryl methyl sites for hydroxylation is 2. The number of nitrogens with zero attached hydrogens (tertiary/aromatic N) is 2. The molecule has 1 aliphatic heterocycles. The molecule has 0 radical (unpaired) electrons. The van der Waals surface area contributed by atoms with Gasteiger partial charge in [0, 0.05) is 30.3 Å². The van der Waals surface area contributed by atoms with Gasteiger partial charge in [0.25, 0.3) is 10.2 Å². The van der Waals surface area contributed by atoms with E-state index in [1.54, 1.807) is 12.1 Å². The van der Waals surface area contributed by atoms with Crippen LogP contribution in [-0.4, -0.2) is 42.6 Å². The van der Waals surface area contributed by atoms with Gasteiger partial charge in [0.2, 0.25) is 5.91 Å². The lowest BCUT2D eigenvalue weighted by Crippen LogP contribution is -2.51. The Bertz CT molecular complexity index is 941. The predicted molar refractivity (Wildman–Crippen MR) is 112 cm³/mol. The van der Waals surface area contributed by atoms with Crippen LogP contribution >= 0.6 is 11.6 Å². The molecule has 0 bridgehead atoms. The third kappa shape index (κ3) is 5.11. The van der Waals surface area contributed by atoms with Crippen molar-refractivity contribution in [2.75, 3.05) is 25.0 Å². The number of benzene rings is 2. The SMILES string of the molecule is Cc1cc(C)cc(NC(=O)CN2CCCN(Cc3ccc(Cl)cc3)S2(=O)=O)c1. The zero-order valence-corrected chi connectivity index (χ0v) is 17.6. The quantitative estimate of drug-likeness (QED) is 0.804. The summed E-state index contributed by atoms with van der Waals surface area (Å²) in [6.45, 7) is 4.72. The summed E-state index contributed by atoms with van der Waals surface area (Å²) in [5.41, 5.74) is 3.61. The van der Waals surface area contributed by atoms with Gasteiger partial charge in [0.1, 0.15) is 0 Å². The number of amides is 1. The van der Waals surface area contributed by atoms with Crippen molar-refractivity contribution in [2.24, 2.45) is 0 Å². The average molecular weight is 422 g/mol.